The van der Waals surface area contributed by atoms with Crippen molar-refractivity contribution in [3.05, 3.63) is 0 Å². The van der Waals surface area contributed by atoms with Crippen molar-refractivity contribution >= 4 is 0 Å². The molecule has 1 fully saturated rings. The summed E-state index contributed by atoms with van der Waals surface area (Å²) in [6.45, 7) is 2.26. The van der Waals surface area contributed by atoms with Crippen molar-refractivity contribution in [3.63, 3.8) is 0 Å². The molecule has 17 heavy (non-hydrogen) atoms. The summed E-state index contributed by atoms with van der Waals surface area (Å²) in [5.74, 6) is 5.83. The van der Waals surface area contributed by atoms with Crippen molar-refractivity contribution < 1.29 is 0 Å². The average Bonchev–Trinajstić information content (AvgIpc) is 2.35. The molecule has 0 heterocycles. The second-order valence-electron chi connectivity index (χ2n) is 5.77. The van der Waals surface area contributed by atoms with Gasteiger partial charge in [-0.05, 0) is 33.4 Å². The summed E-state index contributed by atoms with van der Waals surface area (Å²) in [7, 11) is 4.44. The Bertz CT molecular complexity index is 198. The second kappa shape index (κ2) is 7.34. The zero-order valence-corrected chi connectivity index (χ0v) is 12.0. The molecule has 1 saturated carbocycles. The molecule has 1 rings (SSSR count). The largest absolute Gasteiger partial charge is 0.302 e. The van der Waals surface area contributed by atoms with Crippen LogP contribution in [0.4, 0.5) is 0 Å². The molecule has 1 unspecified atom stereocenters. The summed E-state index contributed by atoms with van der Waals surface area (Å²) >= 11 is 0. The molecule has 0 saturated heterocycles. The molecule has 102 valence electrons. The Labute approximate surface area is 107 Å². The fraction of sp³-hybridized carbons (Fsp3) is 1.00. The third-order valence-electron chi connectivity index (χ3n) is 4.56. The molecular weight excluding hydrogens is 210 g/mol. The molecule has 0 aliphatic heterocycles. The van der Waals surface area contributed by atoms with Gasteiger partial charge in [-0.2, -0.15) is 0 Å². The van der Waals surface area contributed by atoms with E-state index in [1.807, 2.05) is 0 Å². The quantitative estimate of drug-likeness (QED) is 0.409. The van der Waals surface area contributed by atoms with Gasteiger partial charge in [0.15, 0.2) is 0 Å². The van der Waals surface area contributed by atoms with E-state index in [2.05, 4.69) is 31.3 Å². The van der Waals surface area contributed by atoms with Gasteiger partial charge in [0, 0.05) is 11.6 Å². The Morgan fingerprint density at radius 3 is 2.29 bits per heavy atom. The van der Waals surface area contributed by atoms with E-state index >= 15 is 0 Å². The van der Waals surface area contributed by atoms with E-state index in [9.17, 15) is 0 Å². The van der Waals surface area contributed by atoms with Crippen LogP contribution < -0.4 is 11.3 Å². The van der Waals surface area contributed by atoms with E-state index in [4.69, 9.17) is 5.84 Å². The van der Waals surface area contributed by atoms with Crippen LogP contribution in [0.15, 0.2) is 0 Å². The highest BCUT2D eigenvalue weighted by Crippen LogP contribution is 2.36. The highest BCUT2D eigenvalue weighted by Gasteiger charge is 2.40. The smallest absolute Gasteiger partial charge is 0.0394 e. The number of likely N-dealkylation sites (N-methyl/N-ethyl adjacent to an activating group) is 1. The third kappa shape index (κ3) is 3.67. The number of hydrazine groups is 1. The van der Waals surface area contributed by atoms with E-state index in [-0.39, 0.29) is 0 Å². The molecule has 1 aliphatic rings. The predicted molar refractivity (Wildman–Crippen MR) is 74.8 cm³/mol. The third-order valence-corrected chi connectivity index (χ3v) is 4.56. The van der Waals surface area contributed by atoms with Gasteiger partial charge in [-0.25, -0.2) is 0 Å². The van der Waals surface area contributed by atoms with E-state index in [0.29, 0.717) is 11.6 Å². The zero-order chi connectivity index (χ0) is 12.7. The minimum Gasteiger partial charge on any atom is -0.302 e. The molecule has 0 aromatic carbocycles. The molecule has 3 nitrogen and oxygen atoms in total. The van der Waals surface area contributed by atoms with Gasteiger partial charge in [0.25, 0.3) is 0 Å². The van der Waals surface area contributed by atoms with Crippen LogP contribution in [0.2, 0.25) is 0 Å². The fourth-order valence-electron chi connectivity index (χ4n) is 3.38. The monoisotopic (exact) mass is 241 g/mol. The lowest BCUT2D eigenvalue weighted by Gasteiger charge is -2.48. The first kappa shape index (κ1) is 14.9. The SMILES string of the molecule is CCCCCC(NN)C1(N(C)C)CCCCC1. The van der Waals surface area contributed by atoms with Gasteiger partial charge >= 0.3 is 0 Å². The van der Waals surface area contributed by atoms with Gasteiger partial charge in [0.05, 0.1) is 0 Å². The molecule has 0 aromatic rings. The van der Waals surface area contributed by atoms with E-state index in [1.165, 1.54) is 57.8 Å². The molecule has 0 spiro atoms. The van der Waals surface area contributed by atoms with Crippen molar-refractivity contribution in [3.8, 4) is 0 Å². The van der Waals surface area contributed by atoms with Gasteiger partial charge in [-0.3, -0.25) is 11.3 Å². The van der Waals surface area contributed by atoms with Gasteiger partial charge in [-0.15, -0.1) is 0 Å². The number of hydrogen-bond acceptors (Lipinski definition) is 3. The molecule has 0 aromatic heterocycles. The molecule has 3 heteroatoms. The topological polar surface area (TPSA) is 41.3 Å². The average molecular weight is 241 g/mol. The van der Waals surface area contributed by atoms with Crippen molar-refractivity contribution in [2.45, 2.75) is 76.3 Å². The van der Waals surface area contributed by atoms with Crippen molar-refractivity contribution in [2.75, 3.05) is 14.1 Å². The van der Waals surface area contributed by atoms with Crippen LogP contribution in [0.1, 0.15) is 64.7 Å². The molecule has 0 amide bonds. The second-order valence-corrected chi connectivity index (χ2v) is 5.77. The Hall–Kier alpha value is -0.120. The van der Waals surface area contributed by atoms with Crippen LogP contribution in [0.3, 0.4) is 0 Å². The van der Waals surface area contributed by atoms with Gasteiger partial charge in [0.1, 0.15) is 0 Å². The molecule has 0 bridgehead atoms. The Morgan fingerprint density at radius 2 is 1.82 bits per heavy atom. The molecule has 3 N–H and O–H groups in total. The number of nitrogens with zero attached hydrogens (tertiary/aromatic N) is 1. The minimum atomic E-state index is 0.292. The maximum atomic E-state index is 5.83. The first-order chi connectivity index (χ1) is 8.17. The first-order valence-corrected chi connectivity index (χ1v) is 7.31. The predicted octanol–water partition coefficient (Wildman–Crippen LogP) is 2.66. The molecular formula is C14H31N3. The highest BCUT2D eigenvalue weighted by molar-refractivity contribution is 4.99. The standard InChI is InChI=1S/C14H31N3/c1-4-5-7-10-13(16-15)14(17(2)3)11-8-6-9-12-14/h13,16H,4-12,15H2,1-3H3. The number of rotatable bonds is 7. The molecule has 1 aliphatic carbocycles. The van der Waals surface area contributed by atoms with Gasteiger partial charge < -0.3 is 4.90 Å². The van der Waals surface area contributed by atoms with Crippen molar-refractivity contribution in [1.29, 1.82) is 0 Å². The van der Waals surface area contributed by atoms with Crippen LogP contribution in [-0.4, -0.2) is 30.6 Å². The minimum absolute atomic E-state index is 0.292. The fourth-order valence-corrected chi connectivity index (χ4v) is 3.38. The summed E-state index contributed by atoms with van der Waals surface area (Å²) in [6, 6.07) is 0.448. The Balaban J connectivity index is 2.64. The maximum Gasteiger partial charge on any atom is 0.0394 e. The van der Waals surface area contributed by atoms with Crippen LogP contribution in [0, 0.1) is 0 Å². The van der Waals surface area contributed by atoms with Gasteiger partial charge in [-0.1, -0.05) is 45.4 Å². The molecule has 1 atom stereocenters. The lowest BCUT2D eigenvalue weighted by molar-refractivity contribution is 0.0524. The van der Waals surface area contributed by atoms with Crippen LogP contribution in [0.25, 0.3) is 0 Å². The van der Waals surface area contributed by atoms with Gasteiger partial charge in [0.2, 0.25) is 0 Å². The summed E-state index contributed by atoms with van der Waals surface area (Å²) in [6.07, 6.45) is 11.8. The van der Waals surface area contributed by atoms with Crippen molar-refractivity contribution in [2.24, 2.45) is 5.84 Å². The number of hydrogen-bond donors (Lipinski definition) is 2. The van der Waals surface area contributed by atoms with Crippen molar-refractivity contribution in [1.82, 2.24) is 10.3 Å². The summed E-state index contributed by atoms with van der Waals surface area (Å²) in [5, 5.41) is 0. The normalized spacial score (nSPS) is 21.7. The Morgan fingerprint density at radius 1 is 1.18 bits per heavy atom. The van der Waals surface area contributed by atoms with Crippen LogP contribution in [-0.2, 0) is 0 Å². The van der Waals surface area contributed by atoms with E-state index in [0.717, 1.165) is 0 Å². The maximum absolute atomic E-state index is 5.83. The molecule has 0 radical (unpaired) electrons. The summed E-state index contributed by atoms with van der Waals surface area (Å²) in [4.78, 5) is 2.42. The van der Waals surface area contributed by atoms with E-state index in [1.54, 1.807) is 0 Å². The Kier molecular flexibility index (Phi) is 6.45. The highest BCUT2D eigenvalue weighted by atomic mass is 15.3. The summed E-state index contributed by atoms with van der Waals surface area (Å²) < 4.78 is 0. The van der Waals surface area contributed by atoms with E-state index < -0.39 is 0 Å². The number of unbranched alkanes of at least 4 members (excludes halogenated alkanes) is 2. The first-order valence-electron chi connectivity index (χ1n) is 7.31. The lowest BCUT2D eigenvalue weighted by Crippen LogP contribution is -2.61. The van der Waals surface area contributed by atoms with Crippen LogP contribution in [0.5, 0.6) is 0 Å². The number of nitrogens with one attached hydrogen (secondary N) is 1. The number of nitrogens with two attached hydrogens (primary N) is 1. The summed E-state index contributed by atoms with van der Waals surface area (Å²) in [5.41, 5.74) is 3.40. The zero-order valence-electron chi connectivity index (χ0n) is 12.0. The lowest BCUT2D eigenvalue weighted by atomic mass is 9.74. The van der Waals surface area contributed by atoms with Crippen LogP contribution >= 0.6 is 0 Å².